The van der Waals surface area contributed by atoms with E-state index >= 15 is 0 Å². The van der Waals surface area contributed by atoms with Gasteiger partial charge in [0.25, 0.3) is 5.91 Å². The molecule has 0 bridgehead atoms. The predicted molar refractivity (Wildman–Crippen MR) is 111 cm³/mol. The van der Waals surface area contributed by atoms with Crippen LogP contribution in [-0.4, -0.2) is 47.5 Å². The van der Waals surface area contributed by atoms with Crippen molar-refractivity contribution in [2.45, 2.75) is 46.1 Å². The van der Waals surface area contributed by atoms with Gasteiger partial charge in [-0.3, -0.25) is 9.59 Å². The summed E-state index contributed by atoms with van der Waals surface area (Å²) in [6.45, 7) is 7.77. The summed E-state index contributed by atoms with van der Waals surface area (Å²) in [6.07, 6.45) is 3.96. The zero-order valence-electron chi connectivity index (χ0n) is 17.3. The lowest BCUT2D eigenvalue weighted by Gasteiger charge is -2.31. The molecule has 1 fully saturated rings. The highest BCUT2D eigenvalue weighted by molar-refractivity contribution is 6.01. The standard InChI is InChI=1S/C22H29N3O4/c1-4-20(26)25-9-6-15(7-10-25)13-28-22-17-12-19(29-14(2)3)18(21(23)27)11-16(17)5-8-24-22/h5,8,11-12,14-15H,4,6-7,9-10,13H2,1-3H3,(H2,23,27). The summed E-state index contributed by atoms with van der Waals surface area (Å²) in [5.74, 6) is 1.01. The number of carbonyl (C=O) groups is 2. The Morgan fingerprint density at radius 1 is 1.28 bits per heavy atom. The first-order valence-corrected chi connectivity index (χ1v) is 10.2. The Labute approximate surface area is 171 Å². The molecule has 7 nitrogen and oxygen atoms in total. The maximum absolute atomic E-state index is 11.8. The Kier molecular flexibility index (Phi) is 6.56. The van der Waals surface area contributed by atoms with E-state index in [9.17, 15) is 9.59 Å². The number of ether oxygens (including phenoxy) is 2. The van der Waals surface area contributed by atoms with Crippen molar-refractivity contribution in [1.82, 2.24) is 9.88 Å². The summed E-state index contributed by atoms with van der Waals surface area (Å²) < 4.78 is 11.8. The van der Waals surface area contributed by atoms with Gasteiger partial charge >= 0.3 is 0 Å². The smallest absolute Gasteiger partial charge is 0.252 e. The summed E-state index contributed by atoms with van der Waals surface area (Å²) in [6, 6.07) is 5.32. The van der Waals surface area contributed by atoms with Gasteiger partial charge in [0.05, 0.1) is 18.3 Å². The monoisotopic (exact) mass is 399 g/mol. The van der Waals surface area contributed by atoms with Crippen LogP contribution >= 0.6 is 0 Å². The van der Waals surface area contributed by atoms with Gasteiger partial charge in [-0.25, -0.2) is 4.98 Å². The van der Waals surface area contributed by atoms with Crippen molar-refractivity contribution in [2.75, 3.05) is 19.7 Å². The van der Waals surface area contributed by atoms with E-state index in [1.807, 2.05) is 31.7 Å². The van der Waals surface area contributed by atoms with E-state index in [1.165, 1.54) is 0 Å². The number of pyridine rings is 1. The van der Waals surface area contributed by atoms with Crippen molar-refractivity contribution >= 4 is 22.6 Å². The minimum Gasteiger partial charge on any atom is -0.490 e. The lowest BCUT2D eigenvalue weighted by molar-refractivity contribution is -0.132. The van der Waals surface area contributed by atoms with Crippen molar-refractivity contribution in [1.29, 1.82) is 0 Å². The number of piperidine rings is 1. The Morgan fingerprint density at radius 2 is 2.00 bits per heavy atom. The molecule has 2 heterocycles. The number of nitrogens with zero attached hydrogens (tertiary/aromatic N) is 2. The van der Waals surface area contributed by atoms with Crippen molar-refractivity contribution in [3.8, 4) is 11.6 Å². The van der Waals surface area contributed by atoms with E-state index < -0.39 is 5.91 Å². The number of amides is 2. The van der Waals surface area contributed by atoms with E-state index in [1.54, 1.807) is 18.3 Å². The number of fused-ring (bicyclic) bond motifs is 1. The van der Waals surface area contributed by atoms with E-state index in [0.29, 0.717) is 36.1 Å². The maximum atomic E-state index is 11.8. The second-order valence-electron chi connectivity index (χ2n) is 7.71. The molecule has 0 saturated carbocycles. The maximum Gasteiger partial charge on any atom is 0.252 e. The van der Waals surface area contributed by atoms with Crippen LogP contribution in [0.3, 0.4) is 0 Å². The van der Waals surface area contributed by atoms with Crippen molar-refractivity contribution in [3.05, 3.63) is 30.0 Å². The molecule has 1 aliphatic heterocycles. The zero-order valence-corrected chi connectivity index (χ0v) is 17.3. The highest BCUT2D eigenvalue weighted by Gasteiger charge is 2.23. The van der Waals surface area contributed by atoms with Crippen LogP contribution in [0.2, 0.25) is 0 Å². The molecule has 156 valence electrons. The number of hydrogen-bond acceptors (Lipinski definition) is 5. The van der Waals surface area contributed by atoms with Crippen LogP contribution < -0.4 is 15.2 Å². The summed E-state index contributed by atoms with van der Waals surface area (Å²) in [4.78, 5) is 30.0. The van der Waals surface area contributed by atoms with Gasteiger partial charge in [-0.05, 0) is 56.2 Å². The quantitative estimate of drug-likeness (QED) is 0.772. The van der Waals surface area contributed by atoms with Gasteiger partial charge in [-0.2, -0.15) is 0 Å². The average molecular weight is 399 g/mol. The molecule has 7 heteroatoms. The van der Waals surface area contributed by atoms with Crippen LogP contribution in [-0.2, 0) is 4.79 Å². The number of likely N-dealkylation sites (tertiary alicyclic amines) is 1. The third kappa shape index (κ3) is 4.96. The fourth-order valence-corrected chi connectivity index (χ4v) is 3.60. The van der Waals surface area contributed by atoms with Crippen molar-refractivity contribution < 1.29 is 19.1 Å². The molecule has 0 atom stereocenters. The number of rotatable bonds is 7. The number of nitrogens with two attached hydrogens (primary N) is 1. The molecule has 29 heavy (non-hydrogen) atoms. The predicted octanol–water partition coefficient (Wildman–Crippen LogP) is 3.15. The van der Waals surface area contributed by atoms with Crippen LogP contribution in [0.5, 0.6) is 11.6 Å². The Bertz CT molecular complexity index is 889. The lowest BCUT2D eigenvalue weighted by Crippen LogP contribution is -2.39. The van der Waals surface area contributed by atoms with E-state index in [2.05, 4.69) is 4.98 Å². The van der Waals surface area contributed by atoms with Crippen LogP contribution in [0, 0.1) is 5.92 Å². The second-order valence-corrected chi connectivity index (χ2v) is 7.71. The third-order valence-corrected chi connectivity index (χ3v) is 5.18. The van der Waals surface area contributed by atoms with Crippen LogP contribution in [0.1, 0.15) is 50.4 Å². The molecule has 2 aromatic rings. The molecule has 1 aromatic heterocycles. The molecule has 2 N–H and O–H groups in total. The molecule has 1 saturated heterocycles. The Hall–Kier alpha value is -2.83. The van der Waals surface area contributed by atoms with Gasteiger partial charge in [0, 0.05) is 31.1 Å². The number of aromatic nitrogens is 1. The number of carbonyl (C=O) groups excluding carboxylic acids is 2. The highest BCUT2D eigenvalue weighted by Crippen LogP contribution is 2.32. The molecular weight excluding hydrogens is 370 g/mol. The lowest BCUT2D eigenvalue weighted by atomic mass is 9.97. The Morgan fingerprint density at radius 3 is 2.62 bits per heavy atom. The average Bonchev–Trinajstić information content (AvgIpc) is 2.71. The van der Waals surface area contributed by atoms with Gasteiger partial charge in [-0.1, -0.05) is 6.92 Å². The third-order valence-electron chi connectivity index (χ3n) is 5.18. The minimum absolute atomic E-state index is 0.0948. The molecule has 1 aromatic carbocycles. The van der Waals surface area contributed by atoms with E-state index in [-0.39, 0.29) is 12.0 Å². The first-order valence-electron chi connectivity index (χ1n) is 10.2. The van der Waals surface area contributed by atoms with Crippen LogP contribution in [0.15, 0.2) is 24.4 Å². The summed E-state index contributed by atoms with van der Waals surface area (Å²) >= 11 is 0. The largest absolute Gasteiger partial charge is 0.490 e. The fraction of sp³-hybridized carbons (Fsp3) is 0.500. The zero-order chi connectivity index (χ0) is 21.0. The van der Waals surface area contributed by atoms with Crippen molar-refractivity contribution in [3.63, 3.8) is 0 Å². The highest BCUT2D eigenvalue weighted by atomic mass is 16.5. The molecule has 2 amide bonds. The molecule has 0 unspecified atom stereocenters. The first kappa shape index (κ1) is 20.9. The fourth-order valence-electron chi connectivity index (χ4n) is 3.60. The van der Waals surface area contributed by atoms with E-state index in [4.69, 9.17) is 15.2 Å². The topological polar surface area (TPSA) is 94.8 Å². The van der Waals surface area contributed by atoms with Crippen LogP contribution in [0.25, 0.3) is 10.8 Å². The Balaban J connectivity index is 1.76. The first-order chi connectivity index (χ1) is 13.9. The number of primary amides is 1. The van der Waals surface area contributed by atoms with Gasteiger partial charge in [0.2, 0.25) is 11.8 Å². The van der Waals surface area contributed by atoms with Gasteiger partial charge in [-0.15, -0.1) is 0 Å². The molecule has 0 aliphatic carbocycles. The molecule has 3 rings (SSSR count). The SMILES string of the molecule is CCC(=O)N1CCC(COc2nccc3cc(C(N)=O)c(OC(C)C)cc23)CC1. The number of benzene rings is 1. The summed E-state index contributed by atoms with van der Waals surface area (Å²) in [5, 5.41) is 1.61. The summed E-state index contributed by atoms with van der Waals surface area (Å²) in [5.41, 5.74) is 5.87. The second kappa shape index (κ2) is 9.11. The van der Waals surface area contributed by atoms with Gasteiger partial charge in [0.15, 0.2) is 0 Å². The number of hydrogen-bond donors (Lipinski definition) is 1. The minimum atomic E-state index is -0.532. The summed E-state index contributed by atoms with van der Waals surface area (Å²) in [7, 11) is 0. The van der Waals surface area contributed by atoms with Crippen LogP contribution in [0.4, 0.5) is 0 Å². The molecule has 0 radical (unpaired) electrons. The van der Waals surface area contributed by atoms with Crippen molar-refractivity contribution in [2.24, 2.45) is 11.7 Å². The molecule has 0 spiro atoms. The van der Waals surface area contributed by atoms with Gasteiger partial charge < -0.3 is 20.1 Å². The normalized spacial score (nSPS) is 15.0. The van der Waals surface area contributed by atoms with E-state index in [0.717, 1.165) is 36.7 Å². The molecule has 1 aliphatic rings. The van der Waals surface area contributed by atoms with Gasteiger partial charge in [0.1, 0.15) is 5.75 Å². The molecular formula is C22H29N3O4.